The maximum Gasteiger partial charge on any atom is 0.0922 e. The number of aromatic nitrogens is 2. The zero-order chi connectivity index (χ0) is 8.39. The Morgan fingerprint density at radius 3 is 3.25 bits per heavy atom. The maximum atomic E-state index is 9.26. The topological polar surface area (TPSA) is 52.1 Å². The zero-order valence-electron chi connectivity index (χ0n) is 6.90. The normalized spacial score (nSPS) is 24.9. The number of nitrogens with zero attached hydrogens (tertiary/aromatic N) is 2. The third-order valence-corrected chi connectivity index (χ3v) is 2.20. The third kappa shape index (κ3) is 1.65. The summed E-state index contributed by atoms with van der Waals surface area (Å²) in [6, 6.07) is 0. The van der Waals surface area contributed by atoms with Gasteiger partial charge in [-0.1, -0.05) is 0 Å². The first-order valence-electron chi connectivity index (χ1n) is 4.22. The first-order chi connectivity index (χ1) is 5.84. The van der Waals surface area contributed by atoms with Gasteiger partial charge in [0.25, 0.3) is 0 Å². The maximum absolute atomic E-state index is 9.26. The number of aliphatic hydroxyl groups is 1. The fraction of sp³-hybridized carbons (Fsp3) is 0.625. The molecule has 2 heterocycles. The molecule has 4 nitrogen and oxygen atoms in total. The van der Waals surface area contributed by atoms with Crippen LogP contribution >= 0.6 is 0 Å². The molecule has 4 heteroatoms. The van der Waals surface area contributed by atoms with Crippen LogP contribution in [0.1, 0.15) is 12.1 Å². The number of likely N-dealkylation sites (tertiary alicyclic amines) is 1. The largest absolute Gasteiger partial charge is 0.392 e. The van der Waals surface area contributed by atoms with E-state index in [0.29, 0.717) is 0 Å². The first-order valence-corrected chi connectivity index (χ1v) is 4.22. The number of aromatic amines is 1. The van der Waals surface area contributed by atoms with Gasteiger partial charge in [0.05, 0.1) is 12.4 Å². The lowest BCUT2D eigenvalue weighted by Gasteiger charge is -2.12. The molecule has 1 aliphatic rings. The molecule has 1 aromatic heterocycles. The molecule has 2 N–H and O–H groups in total. The molecule has 0 bridgehead atoms. The van der Waals surface area contributed by atoms with Gasteiger partial charge in [0.15, 0.2) is 0 Å². The second kappa shape index (κ2) is 3.25. The van der Waals surface area contributed by atoms with Crippen LogP contribution in [-0.4, -0.2) is 39.2 Å². The Morgan fingerprint density at radius 2 is 2.67 bits per heavy atom. The Labute approximate surface area is 71.2 Å². The molecule has 1 atom stereocenters. The van der Waals surface area contributed by atoms with Crippen molar-refractivity contribution in [2.45, 2.75) is 19.1 Å². The second-order valence-corrected chi connectivity index (χ2v) is 3.25. The molecule has 66 valence electrons. The van der Waals surface area contributed by atoms with Gasteiger partial charge in [0, 0.05) is 31.5 Å². The van der Waals surface area contributed by atoms with E-state index in [0.717, 1.165) is 31.7 Å². The summed E-state index contributed by atoms with van der Waals surface area (Å²) in [7, 11) is 0. The SMILES string of the molecule is O[C@@H]1CCN(Cc2cnc[nH]2)C1. The van der Waals surface area contributed by atoms with Crippen LogP contribution in [0, 0.1) is 0 Å². The summed E-state index contributed by atoms with van der Waals surface area (Å²) in [6.07, 6.45) is 4.27. The smallest absolute Gasteiger partial charge is 0.0922 e. The predicted octanol–water partition coefficient (Wildman–Crippen LogP) is -0.0237. The van der Waals surface area contributed by atoms with Gasteiger partial charge in [0.1, 0.15) is 0 Å². The Bertz CT molecular complexity index is 234. The molecule has 1 aliphatic heterocycles. The van der Waals surface area contributed by atoms with Crippen LogP contribution in [0.3, 0.4) is 0 Å². The van der Waals surface area contributed by atoms with E-state index in [1.807, 2.05) is 6.20 Å². The Morgan fingerprint density at radius 1 is 1.75 bits per heavy atom. The van der Waals surface area contributed by atoms with Crippen molar-refractivity contribution in [1.82, 2.24) is 14.9 Å². The van der Waals surface area contributed by atoms with Crippen molar-refractivity contribution in [3.63, 3.8) is 0 Å². The van der Waals surface area contributed by atoms with Crippen LogP contribution in [0.4, 0.5) is 0 Å². The van der Waals surface area contributed by atoms with Crippen molar-refractivity contribution in [2.24, 2.45) is 0 Å². The molecule has 0 aromatic carbocycles. The van der Waals surface area contributed by atoms with Crippen molar-refractivity contribution in [3.8, 4) is 0 Å². The van der Waals surface area contributed by atoms with Crippen molar-refractivity contribution in [1.29, 1.82) is 0 Å². The van der Waals surface area contributed by atoms with E-state index in [1.165, 1.54) is 0 Å². The van der Waals surface area contributed by atoms with Crippen LogP contribution in [0.25, 0.3) is 0 Å². The lowest BCUT2D eigenvalue weighted by atomic mass is 10.3. The predicted molar refractivity (Wildman–Crippen MR) is 44.5 cm³/mol. The summed E-state index contributed by atoms with van der Waals surface area (Å²) in [5.74, 6) is 0. The number of β-amino-alcohol motifs (C(OH)–C–C–N with tert-alkyl or cyclic N) is 1. The number of aliphatic hydroxyl groups excluding tert-OH is 1. The minimum Gasteiger partial charge on any atom is -0.392 e. The van der Waals surface area contributed by atoms with Crippen LogP contribution in [0.2, 0.25) is 0 Å². The lowest BCUT2D eigenvalue weighted by Crippen LogP contribution is -2.21. The summed E-state index contributed by atoms with van der Waals surface area (Å²) in [5.41, 5.74) is 1.11. The van der Waals surface area contributed by atoms with Gasteiger partial charge >= 0.3 is 0 Å². The fourth-order valence-electron chi connectivity index (χ4n) is 1.57. The highest BCUT2D eigenvalue weighted by Gasteiger charge is 2.19. The van der Waals surface area contributed by atoms with Crippen LogP contribution in [0.5, 0.6) is 0 Å². The average molecular weight is 167 g/mol. The van der Waals surface area contributed by atoms with E-state index in [4.69, 9.17) is 0 Å². The molecular formula is C8H13N3O. The highest BCUT2D eigenvalue weighted by molar-refractivity contribution is 4.94. The molecular weight excluding hydrogens is 154 g/mol. The summed E-state index contributed by atoms with van der Waals surface area (Å²) < 4.78 is 0. The van der Waals surface area contributed by atoms with Gasteiger partial charge in [-0.2, -0.15) is 0 Å². The summed E-state index contributed by atoms with van der Waals surface area (Å²) >= 11 is 0. The highest BCUT2D eigenvalue weighted by Crippen LogP contribution is 2.11. The van der Waals surface area contributed by atoms with E-state index >= 15 is 0 Å². The van der Waals surface area contributed by atoms with Crippen molar-refractivity contribution >= 4 is 0 Å². The fourth-order valence-corrected chi connectivity index (χ4v) is 1.57. The van der Waals surface area contributed by atoms with Crippen molar-refractivity contribution in [2.75, 3.05) is 13.1 Å². The quantitative estimate of drug-likeness (QED) is 0.650. The summed E-state index contributed by atoms with van der Waals surface area (Å²) in [4.78, 5) is 9.20. The van der Waals surface area contributed by atoms with E-state index in [-0.39, 0.29) is 6.10 Å². The van der Waals surface area contributed by atoms with Gasteiger partial charge in [-0.05, 0) is 6.42 Å². The van der Waals surface area contributed by atoms with E-state index < -0.39 is 0 Å². The zero-order valence-corrected chi connectivity index (χ0v) is 6.90. The van der Waals surface area contributed by atoms with Crippen molar-refractivity contribution in [3.05, 3.63) is 18.2 Å². The Hall–Kier alpha value is -0.870. The molecule has 0 spiro atoms. The molecule has 0 radical (unpaired) electrons. The third-order valence-electron chi connectivity index (χ3n) is 2.20. The lowest BCUT2D eigenvalue weighted by molar-refractivity contribution is 0.174. The number of imidazole rings is 1. The van der Waals surface area contributed by atoms with E-state index in [1.54, 1.807) is 6.33 Å². The molecule has 0 unspecified atom stereocenters. The molecule has 1 saturated heterocycles. The number of rotatable bonds is 2. The number of hydrogen-bond acceptors (Lipinski definition) is 3. The van der Waals surface area contributed by atoms with Gasteiger partial charge in [0.2, 0.25) is 0 Å². The number of hydrogen-bond donors (Lipinski definition) is 2. The Balaban J connectivity index is 1.88. The average Bonchev–Trinajstić information content (AvgIpc) is 2.63. The molecule has 12 heavy (non-hydrogen) atoms. The van der Waals surface area contributed by atoms with Gasteiger partial charge < -0.3 is 10.1 Å². The minimum atomic E-state index is -0.132. The highest BCUT2D eigenvalue weighted by atomic mass is 16.3. The molecule has 1 fully saturated rings. The van der Waals surface area contributed by atoms with E-state index in [9.17, 15) is 5.11 Å². The van der Waals surface area contributed by atoms with Gasteiger partial charge in [-0.15, -0.1) is 0 Å². The first kappa shape index (κ1) is 7.76. The standard InChI is InChI=1S/C8H13N3O/c12-8-1-2-11(5-8)4-7-3-9-6-10-7/h3,6,8,12H,1-2,4-5H2,(H,9,10)/t8-/m1/s1. The number of nitrogens with one attached hydrogen (secondary N) is 1. The van der Waals surface area contributed by atoms with Gasteiger partial charge in [-0.3, -0.25) is 4.90 Å². The Kier molecular flexibility index (Phi) is 2.10. The molecule has 0 aliphatic carbocycles. The number of H-pyrrole nitrogens is 1. The minimum absolute atomic E-state index is 0.132. The molecule has 0 saturated carbocycles. The monoisotopic (exact) mass is 167 g/mol. The van der Waals surface area contributed by atoms with E-state index in [2.05, 4.69) is 14.9 Å². The van der Waals surface area contributed by atoms with Crippen molar-refractivity contribution < 1.29 is 5.11 Å². The summed E-state index contributed by atoms with van der Waals surface area (Å²) in [6.45, 7) is 2.65. The van der Waals surface area contributed by atoms with Gasteiger partial charge in [-0.25, -0.2) is 4.98 Å². The van der Waals surface area contributed by atoms with Crippen LogP contribution in [-0.2, 0) is 6.54 Å². The van der Waals surface area contributed by atoms with Crippen LogP contribution in [0.15, 0.2) is 12.5 Å². The molecule has 0 amide bonds. The van der Waals surface area contributed by atoms with Crippen LogP contribution < -0.4 is 0 Å². The second-order valence-electron chi connectivity index (χ2n) is 3.25. The molecule has 2 rings (SSSR count). The molecule has 1 aromatic rings. The summed E-state index contributed by atoms with van der Waals surface area (Å²) in [5, 5.41) is 9.26.